The van der Waals surface area contributed by atoms with Crippen LogP contribution in [0.1, 0.15) is 50.3 Å². The van der Waals surface area contributed by atoms with E-state index in [9.17, 15) is 9.59 Å². The first kappa shape index (κ1) is 21.8. The summed E-state index contributed by atoms with van der Waals surface area (Å²) in [6, 6.07) is 3.30. The van der Waals surface area contributed by atoms with Crippen molar-refractivity contribution < 1.29 is 9.59 Å². The minimum absolute atomic E-state index is 0.120. The van der Waals surface area contributed by atoms with Gasteiger partial charge < -0.3 is 10.6 Å². The van der Waals surface area contributed by atoms with Crippen LogP contribution in [0.25, 0.3) is 0 Å². The maximum atomic E-state index is 12.4. The van der Waals surface area contributed by atoms with Crippen molar-refractivity contribution in [1.29, 1.82) is 0 Å². The van der Waals surface area contributed by atoms with Crippen molar-refractivity contribution in [3.63, 3.8) is 0 Å². The van der Waals surface area contributed by atoms with E-state index >= 15 is 0 Å². The molecule has 2 aromatic heterocycles. The Kier molecular flexibility index (Phi) is 8.81. The average Bonchev–Trinajstić information content (AvgIpc) is 2.71. The first-order valence-electron chi connectivity index (χ1n) is 9.42. The Labute approximate surface area is 170 Å². The van der Waals surface area contributed by atoms with Gasteiger partial charge in [-0.05, 0) is 25.5 Å². The second kappa shape index (κ2) is 11.3. The van der Waals surface area contributed by atoms with E-state index in [0.29, 0.717) is 17.3 Å². The van der Waals surface area contributed by atoms with Crippen molar-refractivity contribution >= 4 is 23.4 Å². The van der Waals surface area contributed by atoms with E-state index in [1.54, 1.807) is 31.5 Å². The third-order valence-electron chi connectivity index (χ3n) is 4.40. The van der Waals surface area contributed by atoms with Crippen LogP contribution in [-0.4, -0.2) is 39.4 Å². The molecule has 0 aliphatic rings. The zero-order chi connectivity index (χ0) is 20.4. The summed E-state index contributed by atoms with van der Waals surface area (Å²) in [6.45, 7) is 4.27. The van der Waals surface area contributed by atoms with Crippen molar-refractivity contribution in [1.82, 2.24) is 25.6 Å². The number of aromatic nitrogens is 3. The first-order valence-corrected chi connectivity index (χ1v) is 9.79. The number of nitrogens with zero attached hydrogens (tertiary/aromatic N) is 3. The Morgan fingerprint density at radius 1 is 1.18 bits per heavy atom. The molecule has 0 bridgehead atoms. The molecule has 2 amide bonds. The molecule has 0 aliphatic carbocycles. The topological polar surface area (TPSA) is 96.9 Å². The summed E-state index contributed by atoms with van der Waals surface area (Å²) >= 11 is 5.82. The highest BCUT2D eigenvalue weighted by Crippen LogP contribution is 2.12. The fourth-order valence-corrected chi connectivity index (χ4v) is 2.80. The zero-order valence-corrected chi connectivity index (χ0v) is 16.9. The van der Waals surface area contributed by atoms with Crippen LogP contribution in [0.15, 0.2) is 37.1 Å². The van der Waals surface area contributed by atoms with Gasteiger partial charge in [0.05, 0.1) is 17.4 Å². The maximum Gasteiger partial charge on any atom is 0.227 e. The van der Waals surface area contributed by atoms with E-state index < -0.39 is 0 Å². The quantitative estimate of drug-likeness (QED) is 0.635. The average molecular weight is 404 g/mol. The summed E-state index contributed by atoms with van der Waals surface area (Å²) in [5, 5.41) is 6.45. The Bertz CT molecular complexity index is 755. The van der Waals surface area contributed by atoms with Gasteiger partial charge in [-0.2, -0.15) is 0 Å². The fraction of sp³-hybridized carbons (Fsp3) is 0.450. The van der Waals surface area contributed by atoms with Crippen molar-refractivity contribution in [2.24, 2.45) is 0 Å². The van der Waals surface area contributed by atoms with Crippen LogP contribution < -0.4 is 10.6 Å². The molecular formula is C20H26ClN5O2. The highest BCUT2D eigenvalue weighted by molar-refractivity contribution is 6.30. The standard InChI is InChI=1S/C20H26ClN5O2/c1-3-4-5-18(26-19(27)8-17-7-6-16(21)11-24-17)12-25-20(28)14(2)15-9-22-13-23-10-15/h6-7,9-11,13-14,18H,3-5,8,12H2,1-2H3,(H,25,28)(H,26,27). The van der Waals surface area contributed by atoms with Crippen LogP contribution in [0.4, 0.5) is 0 Å². The summed E-state index contributed by atoms with van der Waals surface area (Å²) in [4.78, 5) is 36.8. The summed E-state index contributed by atoms with van der Waals surface area (Å²) in [5.41, 5.74) is 1.40. The molecule has 0 aromatic carbocycles. The van der Waals surface area contributed by atoms with Gasteiger partial charge in [-0.15, -0.1) is 0 Å². The summed E-state index contributed by atoms with van der Waals surface area (Å²) in [7, 11) is 0. The number of rotatable bonds is 10. The number of halogens is 1. The Hall–Kier alpha value is -2.54. The van der Waals surface area contributed by atoms with E-state index in [0.717, 1.165) is 24.8 Å². The summed E-state index contributed by atoms with van der Waals surface area (Å²) in [5.74, 6) is -0.610. The van der Waals surface area contributed by atoms with Crippen LogP contribution >= 0.6 is 11.6 Å². The van der Waals surface area contributed by atoms with Gasteiger partial charge in [-0.1, -0.05) is 31.4 Å². The van der Waals surface area contributed by atoms with Crippen molar-refractivity contribution in [3.8, 4) is 0 Å². The van der Waals surface area contributed by atoms with Crippen LogP contribution in [0.5, 0.6) is 0 Å². The van der Waals surface area contributed by atoms with Crippen LogP contribution in [0, 0.1) is 0 Å². The maximum absolute atomic E-state index is 12.4. The number of carbonyl (C=O) groups is 2. The molecule has 8 heteroatoms. The molecule has 28 heavy (non-hydrogen) atoms. The largest absolute Gasteiger partial charge is 0.354 e. The van der Waals surface area contributed by atoms with Gasteiger partial charge in [0.15, 0.2) is 0 Å². The Balaban J connectivity index is 1.88. The molecular weight excluding hydrogens is 378 g/mol. The molecule has 2 atom stereocenters. The number of unbranched alkanes of at least 4 members (excludes halogenated alkanes) is 1. The molecule has 2 unspecified atom stereocenters. The molecule has 2 N–H and O–H groups in total. The summed E-state index contributed by atoms with van der Waals surface area (Å²) < 4.78 is 0. The first-order chi connectivity index (χ1) is 13.5. The number of amides is 2. The van der Waals surface area contributed by atoms with Gasteiger partial charge in [0, 0.05) is 42.4 Å². The second-order valence-corrected chi connectivity index (χ2v) is 7.13. The molecule has 7 nitrogen and oxygen atoms in total. The smallest absolute Gasteiger partial charge is 0.227 e. The van der Waals surface area contributed by atoms with Gasteiger partial charge >= 0.3 is 0 Å². The molecule has 0 fully saturated rings. The molecule has 0 saturated heterocycles. The van der Waals surface area contributed by atoms with E-state index in [1.807, 2.05) is 0 Å². The van der Waals surface area contributed by atoms with E-state index in [-0.39, 0.29) is 30.2 Å². The molecule has 0 radical (unpaired) electrons. The molecule has 0 saturated carbocycles. The molecule has 2 heterocycles. The predicted molar refractivity (Wildman–Crippen MR) is 108 cm³/mol. The molecule has 150 valence electrons. The predicted octanol–water partition coefficient (Wildman–Crippen LogP) is 2.66. The molecule has 0 aliphatic heterocycles. The lowest BCUT2D eigenvalue weighted by atomic mass is 10.0. The number of carbonyl (C=O) groups excluding carboxylic acids is 2. The second-order valence-electron chi connectivity index (χ2n) is 6.69. The lowest BCUT2D eigenvalue weighted by Crippen LogP contribution is -2.45. The van der Waals surface area contributed by atoms with Crippen LogP contribution in [0.3, 0.4) is 0 Å². The van der Waals surface area contributed by atoms with Crippen molar-refractivity contribution in [3.05, 3.63) is 53.3 Å². The lowest BCUT2D eigenvalue weighted by Gasteiger charge is -2.20. The monoisotopic (exact) mass is 403 g/mol. The van der Waals surface area contributed by atoms with Crippen LogP contribution in [0.2, 0.25) is 5.02 Å². The summed E-state index contributed by atoms with van der Waals surface area (Å²) in [6.07, 6.45) is 9.15. The lowest BCUT2D eigenvalue weighted by molar-refractivity contribution is -0.124. The normalized spacial score (nSPS) is 12.8. The highest BCUT2D eigenvalue weighted by Gasteiger charge is 2.18. The van der Waals surface area contributed by atoms with E-state index in [4.69, 9.17) is 11.6 Å². The Morgan fingerprint density at radius 3 is 2.57 bits per heavy atom. The van der Waals surface area contributed by atoms with Gasteiger partial charge in [-0.3, -0.25) is 14.6 Å². The molecule has 2 aromatic rings. The van der Waals surface area contributed by atoms with Gasteiger partial charge in [0.2, 0.25) is 11.8 Å². The van der Waals surface area contributed by atoms with Crippen molar-refractivity contribution in [2.75, 3.05) is 6.54 Å². The van der Waals surface area contributed by atoms with Gasteiger partial charge in [-0.25, -0.2) is 9.97 Å². The van der Waals surface area contributed by atoms with Gasteiger partial charge in [0.25, 0.3) is 0 Å². The third-order valence-corrected chi connectivity index (χ3v) is 4.62. The third kappa shape index (κ3) is 7.23. The minimum Gasteiger partial charge on any atom is -0.354 e. The zero-order valence-electron chi connectivity index (χ0n) is 16.2. The number of pyridine rings is 1. The highest BCUT2D eigenvalue weighted by atomic mass is 35.5. The Morgan fingerprint density at radius 2 is 1.93 bits per heavy atom. The van der Waals surface area contributed by atoms with E-state index in [2.05, 4.69) is 32.5 Å². The SMILES string of the molecule is CCCCC(CNC(=O)C(C)c1cncnc1)NC(=O)Cc1ccc(Cl)cn1. The number of nitrogens with one attached hydrogen (secondary N) is 2. The number of hydrogen-bond donors (Lipinski definition) is 2. The number of hydrogen-bond acceptors (Lipinski definition) is 5. The minimum atomic E-state index is -0.359. The van der Waals surface area contributed by atoms with Gasteiger partial charge in [0.1, 0.15) is 6.33 Å². The van der Waals surface area contributed by atoms with Crippen molar-refractivity contribution in [2.45, 2.75) is 51.5 Å². The molecule has 0 spiro atoms. The van der Waals surface area contributed by atoms with Crippen LogP contribution in [-0.2, 0) is 16.0 Å². The molecule has 2 rings (SSSR count). The van der Waals surface area contributed by atoms with E-state index in [1.165, 1.54) is 12.5 Å². The fourth-order valence-electron chi connectivity index (χ4n) is 2.69.